The van der Waals surface area contributed by atoms with Crippen molar-refractivity contribution in [2.45, 2.75) is 24.3 Å². The molecular formula is C21H24N6O4S. The van der Waals surface area contributed by atoms with E-state index in [0.29, 0.717) is 37.4 Å². The summed E-state index contributed by atoms with van der Waals surface area (Å²) in [5.41, 5.74) is 1.52. The molecule has 168 valence electrons. The third-order valence-electron chi connectivity index (χ3n) is 5.49. The van der Waals surface area contributed by atoms with E-state index in [9.17, 15) is 13.2 Å². The summed E-state index contributed by atoms with van der Waals surface area (Å²) in [7, 11) is -2.14. The number of carbonyl (C=O) groups excluding carboxylic acids is 1. The van der Waals surface area contributed by atoms with Crippen molar-refractivity contribution < 1.29 is 17.9 Å². The molecule has 0 aliphatic carbocycles. The molecule has 1 saturated heterocycles. The maximum atomic E-state index is 13.1. The molecule has 11 heteroatoms. The Morgan fingerprint density at radius 3 is 2.69 bits per heavy atom. The number of ether oxygens (including phenoxy) is 1. The minimum atomic E-state index is -3.72. The Balaban J connectivity index is 1.41. The molecule has 2 aromatic carbocycles. The number of aromatic nitrogens is 4. The molecular weight excluding hydrogens is 432 g/mol. The highest BCUT2D eigenvalue weighted by molar-refractivity contribution is 7.89. The molecule has 1 N–H and O–H groups in total. The zero-order chi connectivity index (χ0) is 22.6. The number of carbonyl (C=O) groups is 1. The number of nitrogens with one attached hydrogen (secondary N) is 1. The van der Waals surface area contributed by atoms with Crippen LogP contribution < -0.4 is 10.1 Å². The minimum Gasteiger partial charge on any atom is -0.496 e. The fourth-order valence-electron chi connectivity index (χ4n) is 3.75. The lowest BCUT2D eigenvalue weighted by Crippen LogP contribution is -2.45. The van der Waals surface area contributed by atoms with Crippen LogP contribution >= 0.6 is 0 Å². The normalized spacial score (nSPS) is 17.1. The summed E-state index contributed by atoms with van der Waals surface area (Å²) in [4.78, 5) is 12.9. The third kappa shape index (κ3) is 4.63. The molecule has 10 nitrogen and oxygen atoms in total. The molecule has 0 saturated carbocycles. The summed E-state index contributed by atoms with van der Waals surface area (Å²) in [6.45, 7) is 0.854. The van der Waals surface area contributed by atoms with Gasteiger partial charge in [-0.1, -0.05) is 18.2 Å². The van der Waals surface area contributed by atoms with Crippen LogP contribution in [0.15, 0.2) is 59.8 Å². The van der Waals surface area contributed by atoms with Crippen molar-refractivity contribution in [1.29, 1.82) is 0 Å². The predicted octanol–water partition coefficient (Wildman–Crippen LogP) is 1.39. The molecule has 2 heterocycles. The van der Waals surface area contributed by atoms with Crippen molar-refractivity contribution in [3.63, 3.8) is 0 Å². The maximum Gasteiger partial charge on any atom is 0.243 e. The van der Waals surface area contributed by atoms with Gasteiger partial charge in [0.15, 0.2) is 0 Å². The fourth-order valence-corrected chi connectivity index (χ4v) is 5.27. The number of piperidine rings is 1. The van der Waals surface area contributed by atoms with Gasteiger partial charge >= 0.3 is 0 Å². The minimum absolute atomic E-state index is 0.148. The van der Waals surface area contributed by atoms with Crippen LogP contribution in [0.2, 0.25) is 0 Å². The van der Waals surface area contributed by atoms with Gasteiger partial charge in [0.25, 0.3) is 0 Å². The first kappa shape index (κ1) is 21.9. The quantitative estimate of drug-likeness (QED) is 0.570. The lowest BCUT2D eigenvalue weighted by atomic mass is 9.98. The van der Waals surface area contributed by atoms with Crippen LogP contribution in [0.3, 0.4) is 0 Å². The molecule has 0 radical (unpaired) electrons. The SMILES string of the molecule is COc1ccccc1CNC(=O)[C@H]1CCCN(S(=O)(=O)c2ccc(-n3cnnn3)cc2)C1. The van der Waals surface area contributed by atoms with E-state index in [4.69, 9.17) is 4.74 Å². The second-order valence-electron chi connectivity index (χ2n) is 7.48. The first-order chi connectivity index (χ1) is 15.5. The number of benzene rings is 2. The topological polar surface area (TPSA) is 119 Å². The van der Waals surface area contributed by atoms with Gasteiger partial charge in [0.2, 0.25) is 15.9 Å². The summed E-state index contributed by atoms with van der Waals surface area (Å²) >= 11 is 0. The van der Waals surface area contributed by atoms with Crippen LogP contribution in [0.4, 0.5) is 0 Å². The number of sulfonamides is 1. The number of hydrogen-bond acceptors (Lipinski definition) is 7. The Labute approximate surface area is 186 Å². The molecule has 0 bridgehead atoms. The van der Waals surface area contributed by atoms with Gasteiger partial charge in [0.05, 0.1) is 23.6 Å². The van der Waals surface area contributed by atoms with E-state index in [1.54, 1.807) is 19.2 Å². The van der Waals surface area contributed by atoms with Gasteiger partial charge in [-0.3, -0.25) is 4.79 Å². The molecule has 32 heavy (non-hydrogen) atoms. The maximum absolute atomic E-state index is 13.1. The average molecular weight is 457 g/mol. The summed E-state index contributed by atoms with van der Waals surface area (Å²) in [5, 5.41) is 13.9. The molecule has 0 spiro atoms. The van der Waals surface area contributed by atoms with Crippen LogP contribution in [0.5, 0.6) is 5.75 Å². The van der Waals surface area contributed by atoms with Crippen LogP contribution in [-0.4, -0.2) is 59.0 Å². The van der Waals surface area contributed by atoms with Crippen molar-refractivity contribution in [2.24, 2.45) is 5.92 Å². The molecule has 0 unspecified atom stereocenters. The summed E-state index contributed by atoms with van der Waals surface area (Å²) in [6.07, 6.45) is 2.69. The number of amides is 1. The summed E-state index contributed by atoms with van der Waals surface area (Å²) in [6, 6.07) is 13.8. The van der Waals surface area contributed by atoms with Crippen LogP contribution in [0.1, 0.15) is 18.4 Å². The molecule has 4 rings (SSSR count). The van der Waals surface area contributed by atoms with Gasteiger partial charge in [-0.25, -0.2) is 13.1 Å². The van der Waals surface area contributed by atoms with Crippen molar-refractivity contribution in [1.82, 2.24) is 29.8 Å². The van der Waals surface area contributed by atoms with Crippen molar-refractivity contribution in [3.8, 4) is 11.4 Å². The zero-order valence-corrected chi connectivity index (χ0v) is 18.4. The van der Waals surface area contributed by atoms with E-state index < -0.39 is 15.9 Å². The molecule has 1 aromatic heterocycles. The highest BCUT2D eigenvalue weighted by Gasteiger charge is 2.33. The Kier molecular flexibility index (Phi) is 6.47. The standard InChI is InChI=1S/C21H24N6O4S/c1-31-20-7-3-2-5-16(20)13-22-21(28)17-6-4-12-26(14-17)32(29,30)19-10-8-18(9-11-19)27-15-23-24-25-27/h2-3,5,7-11,15,17H,4,6,12-14H2,1H3,(H,22,28)/t17-/m0/s1. The Hall–Kier alpha value is -3.31. The Bertz CT molecular complexity index is 1170. The monoisotopic (exact) mass is 456 g/mol. The molecule has 1 amide bonds. The molecule has 1 aliphatic heterocycles. The van der Waals surface area contributed by atoms with Gasteiger partial charge in [0.1, 0.15) is 12.1 Å². The second kappa shape index (κ2) is 9.45. The van der Waals surface area contributed by atoms with Crippen molar-refractivity contribution in [2.75, 3.05) is 20.2 Å². The number of tetrazole rings is 1. The van der Waals surface area contributed by atoms with Crippen molar-refractivity contribution in [3.05, 3.63) is 60.4 Å². The van der Waals surface area contributed by atoms with E-state index in [1.807, 2.05) is 24.3 Å². The van der Waals surface area contributed by atoms with Gasteiger partial charge in [0, 0.05) is 25.2 Å². The first-order valence-corrected chi connectivity index (χ1v) is 11.7. The molecule has 1 aliphatic rings. The number of nitrogens with zero attached hydrogens (tertiary/aromatic N) is 5. The van der Waals surface area contributed by atoms with Crippen LogP contribution in [0.25, 0.3) is 5.69 Å². The number of rotatable bonds is 7. The van der Waals surface area contributed by atoms with Crippen LogP contribution in [0, 0.1) is 5.92 Å². The van der Waals surface area contributed by atoms with E-state index in [1.165, 1.54) is 27.4 Å². The van der Waals surface area contributed by atoms with E-state index in [2.05, 4.69) is 20.8 Å². The highest BCUT2D eigenvalue weighted by Crippen LogP contribution is 2.25. The van der Waals surface area contributed by atoms with Gasteiger partial charge in [-0.05, 0) is 53.6 Å². The second-order valence-corrected chi connectivity index (χ2v) is 9.42. The summed E-state index contributed by atoms with van der Waals surface area (Å²) in [5.74, 6) is 0.129. The Morgan fingerprint density at radius 2 is 1.97 bits per heavy atom. The van der Waals surface area contributed by atoms with Gasteiger partial charge in [-0.2, -0.15) is 4.31 Å². The van der Waals surface area contributed by atoms with E-state index in [-0.39, 0.29) is 17.3 Å². The third-order valence-corrected chi connectivity index (χ3v) is 7.37. The molecule has 3 aromatic rings. The average Bonchev–Trinajstić information content (AvgIpc) is 3.38. The first-order valence-electron chi connectivity index (χ1n) is 10.2. The predicted molar refractivity (Wildman–Crippen MR) is 115 cm³/mol. The number of hydrogen-bond donors (Lipinski definition) is 1. The van der Waals surface area contributed by atoms with E-state index >= 15 is 0 Å². The lowest BCUT2D eigenvalue weighted by Gasteiger charge is -2.31. The number of methoxy groups -OCH3 is 1. The lowest BCUT2D eigenvalue weighted by molar-refractivity contribution is -0.126. The largest absolute Gasteiger partial charge is 0.496 e. The van der Waals surface area contributed by atoms with Gasteiger partial charge in [-0.15, -0.1) is 5.10 Å². The zero-order valence-electron chi connectivity index (χ0n) is 17.6. The summed E-state index contributed by atoms with van der Waals surface area (Å²) < 4.78 is 34.4. The molecule has 1 fully saturated rings. The van der Waals surface area contributed by atoms with Crippen LogP contribution in [-0.2, 0) is 21.4 Å². The molecule has 1 atom stereocenters. The highest BCUT2D eigenvalue weighted by atomic mass is 32.2. The smallest absolute Gasteiger partial charge is 0.243 e. The Morgan fingerprint density at radius 1 is 1.19 bits per heavy atom. The fraction of sp³-hybridized carbons (Fsp3) is 0.333. The number of para-hydroxylation sites is 1. The van der Waals surface area contributed by atoms with E-state index in [0.717, 1.165) is 5.56 Å². The van der Waals surface area contributed by atoms with Gasteiger partial charge < -0.3 is 10.1 Å². The van der Waals surface area contributed by atoms with Crippen molar-refractivity contribution >= 4 is 15.9 Å².